The standard InChI is InChI=1S/C86H147NO8/c1-6-8-10-12-14-16-18-20-22-24-26-28-30-32-34-36-38-40-42-44-46-48-50-52-54-56-58-60-62-64-66-68-70-72-74-76-83(88)93-80-82(81-94-86(85(90)91)92-79-78-87(3,4)5)95-84(89)77-75-73-71-69-67-65-63-61-59-57-55-53-51-49-47-45-43-41-39-37-35-33-31-29-27-25-23-21-19-17-15-13-11-9-7-2/h8-11,14-17,20-23,26-29,33,35,39,41,45,47,82,86H,6-7,12-13,18-19,24-25,30-32,34,36-38,40,42-44,46,48-81H2,1-5H3/p+1/b10-8-,11-9-,16-14-,17-15-,22-20-,23-21-,28-26-,29-27-,35-33-,41-39-,47-45-. The second-order valence-corrected chi connectivity index (χ2v) is 27.3. The number of carbonyl (C=O) groups excluding carboxylic acids is 2. The molecule has 0 saturated heterocycles. The first-order valence-corrected chi connectivity index (χ1v) is 39.3. The quantitative estimate of drug-likeness (QED) is 0.0211. The molecule has 9 heteroatoms. The highest BCUT2D eigenvalue weighted by molar-refractivity contribution is 5.71. The van der Waals surface area contributed by atoms with Crippen LogP contribution in [0.4, 0.5) is 0 Å². The van der Waals surface area contributed by atoms with Gasteiger partial charge in [0.25, 0.3) is 6.29 Å². The normalized spacial score (nSPS) is 13.4. The van der Waals surface area contributed by atoms with Gasteiger partial charge in [-0.05, 0) is 109 Å². The Kier molecular flexibility index (Phi) is 71.6. The van der Waals surface area contributed by atoms with Crippen molar-refractivity contribution >= 4 is 17.9 Å². The van der Waals surface area contributed by atoms with Gasteiger partial charge in [0.15, 0.2) is 6.10 Å². The second kappa shape index (κ2) is 75.2. The Hall–Kier alpha value is -4.57. The molecule has 1 N–H and O–H groups in total. The van der Waals surface area contributed by atoms with Gasteiger partial charge in [-0.25, -0.2) is 4.79 Å². The van der Waals surface area contributed by atoms with E-state index in [0.29, 0.717) is 23.9 Å². The van der Waals surface area contributed by atoms with Gasteiger partial charge in [-0.2, -0.15) is 0 Å². The number of hydrogen-bond donors (Lipinski definition) is 1. The first-order chi connectivity index (χ1) is 46.6. The number of hydrogen-bond acceptors (Lipinski definition) is 7. The van der Waals surface area contributed by atoms with Crippen LogP contribution in [0.1, 0.15) is 335 Å². The lowest BCUT2D eigenvalue weighted by Gasteiger charge is -2.25. The topological polar surface area (TPSA) is 108 Å². The van der Waals surface area contributed by atoms with Crippen molar-refractivity contribution in [1.82, 2.24) is 0 Å². The van der Waals surface area contributed by atoms with E-state index in [-0.39, 0.29) is 32.2 Å². The van der Waals surface area contributed by atoms with E-state index in [1.54, 1.807) is 0 Å². The Morgan fingerprint density at radius 1 is 0.316 bits per heavy atom. The van der Waals surface area contributed by atoms with Gasteiger partial charge in [0.2, 0.25) is 0 Å². The molecule has 0 aromatic rings. The number of aliphatic carboxylic acids is 1. The molecule has 0 spiro atoms. The van der Waals surface area contributed by atoms with E-state index >= 15 is 0 Å². The number of ether oxygens (including phenoxy) is 4. The summed E-state index contributed by atoms with van der Waals surface area (Å²) in [4.78, 5) is 37.7. The molecule has 0 bridgehead atoms. The van der Waals surface area contributed by atoms with E-state index in [1.807, 2.05) is 21.1 Å². The molecule has 95 heavy (non-hydrogen) atoms. The fourth-order valence-corrected chi connectivity index (χ4v) is 11.0. The number of nitrogens with zero attached hydrogens (tertiary/aromatic N) is 1. The van der Waals surface area contributed by atoms with Crippen molar-refractivity contribution in [1.29, 1.82) is 0 Å². The van der Waals surface area contributed by atoms with Crippen LogP contribution in [0.15, 0.2) is 134 Å². The molecular weight excluding hydrogens is 1170 g/mol. The molecule has 0 radical (unpaired) electrons. The van der Waals surface area contributed by atoms with E-state index in [2.05, 4.69) is 148 Å². The summed E-state index contributed by atoms with van der Waals surface area (Å²) in [6.45, 7) is 4.68. The lowest BCUT2D eigenvalue weighted by molar-refractivity contribution is -0.870. The van der Waals surface area contributed by atoms with Crippen molar-refractivity contribution in [3.63, 3.8) is 0 Å². The maximum absolute atomic E-state index is 13.0. The molecule has 0 saturated carbocycles. The van der Waals surface area contributed by atoms with E-state index in [0.717, 1.165) is 109 Å². The van der Waals surface area contributed by atoms with Crippen LogP contribution in [0.2, 0.25) is 0 Å². The smallest absolute Gasteiger partial charge is 0.361 e. The fraction of sp³-hybridized carbons (Fsp3) is 0.709. The monoisotopic (exact) mass is 1320 g/mol. The van der Waals surface area contributed by atoms with Crippen LogP contribution in [0, 0.1) is 0 Å². The molecule has 544 valence electrons. The number of carboxylic acid groups (broad SMARTS) is 1. The molecule has 9 nitrogen and oxygen atoms in total. The zero-order chi connectivity index (χ0) is 69.0. The summed E-state index contributed by atoms with van der Waals surface area (Å²) in [5.41, 5.74) is 0. The predicted octanol–water partition coefficient (Wildman–Crippen LogP) is 25.3. The summed E-state index contributed by atoms with van der Waals surface area (Å²) < 4.78 is 23.0. The minimum atomic E-state index is -1.52. The van der Waals surface area contributed by atoms with Gasteiger partial charge in [-0.3, -0.25) is 9.59 Å². The zero-order valence-electron chi connectivity index (χ0n) is 62.3. The summed E-state index contributed by atoms with van der Waals surface area (Å²) in [6.07, 6.45) is 106. The third kappa shape index (κ3) is 76.7. The number of unbranched alkanes of at least 4 members (excludes halogenated alkanes) is 35. The van der Waals surface area contributed by atoms with Gasteiger partial charge in [-0.1, -0.05) is 347 Å². The third-order valence-electron chi connectivity index (χ3n) is 16.9. The van der Waals surface area contributed by atoms with Crippen molar-refractivity contribution in [3.05, 3.63) is 134 Å². The molecule has 0 aliphatic heterocycles. The molecular formula is C86H148NO8+. The molecule has 0 rings (SSSR count). The average molecular weight is 1320 g/mol. The van der Waals surface area contributed by atoms with Gasteiger partial charge in [0.1, 0.15) is 13.2 Å². The molecule has 2 unspecified atom stereocenters. The number of rotatable bonds is 72. The zero-order valence-corrected chi connectivity index (χ0v) is 62.3. The van der Waals surface area contributed by atoms with E-state index in [9.17, 15) is 19.5 Å². The predicted molar refractivity (Wildman–Crippen MR) is 410 cm³/mol. The lowest BCUT2D eigenvalue weighted by atomic mass is 10.0. The molecule has 0 amide bonds. The lowest BCUT2D eigenvalue weighted by Crippen LogP contribution is -2.40. The number of quaternary nitrogens is 1. The molecule has 0 fully saturated rings. The third-order valence-corrected chi connectivity index (χ3v) is 16.9. The van der Waals surface area contributed by atoms with Crippen LogP contribution < -0.4 is 0 Å². The van der Waals surface area contributed by atoms with Gasteiger partial charge in [0, 0.05) is 12.8 Å². The molecule has 0 heterocycles. The highest BCUT2D eigenvalue weighted by Crippen LogP contribution is 2.18. The largest absolute Gasteiger partial charge is 0.477 e. The van der Waals surface area contributed by atoms with E-state index in [4.69, 9.17) is 18.9 Å². The summed E-state index contributed by atoms with van der Waals surface area (Å²) in [6, 6.07) is 0. The van der Waals surface area contributed by atoms with Crippen molar-refractivity contribution in [2.45, 2.75) is 347 Å². The number of allylic oxidation sites excluding steroid dienone is 22. The Morgan fingerprint density at radius 2 is 0.568 bits per heavy atom. The van der Waals surface area contributed by atoms with Crippen LogP contribution in [0.5, 0.6) is 0 Å². The molecule has 0 aliphatic rings. The SMILES string of the molecule is CC/C=C\C/C=C\C/C=C\C/C=C\C/C=C\C/C=C\C/C=C\CCCCCCCCCCCCCCCC(=O)OC(COC(=O)CCCCCCCCCCCCCCCCCCCCCCCC/C=C\C/C=C\C/C=C\C/C=C\CC)COC(OCC[N+](C)(C)C)C(=O)O. The summed E-state index contributed by atoms with van der Waals surface area (Å²) >= 11 is 0. The summed E-state index contributed by atoms with van der Waals surface area (Å²) in [5.74, 6) is -2.00. The van der Waals surface area contributed by atoms with Crippen LogP contribution >= 0.6 is 0 Å². The van der Waals surface area contributed by atoms with Crippen LogP contribution in [-0.4, -0.2) is 87.4 Å². The van der Waals surface area contributed by atoms with Crippen molar-refractivity contribution < 1.29 is 42.9 Å². The highest BCUT2D eigenvalue weighted by atomic mass is 16.7. The number of carbonyl (C=O) groups is 3. The van der Waals surface area contributed by atoms with E-state index in [1.165, 1.54) is 193 Å². The molecule has 0 aromatic heterocycles. The molecule has 2 atom stereocenters. The van der Waals surface area contributed by atoms with Gasteiger partial charge in [0.05, 0.1) is 34.4 Å². The summed E-state index contributed by atoms with van der Waals surface area (Å²) in [7, 11) is 5.98. The van der Waals surface area contributed by atoms with Gasteiger partial charge < -0.3 is 28.5 Å². The number of esters is 2. The minimum absolute atomic E-state index is 0.184. The molecule has 0 aliphatic carbocycles. The maximum atomic E-state index is 13.0. The van der Waals surface area contributed by atoms with Crippen molar-refractivity contribution in [2.24, 2.45) is 0 Å². The van der Waals surface area contributed by atoms with Gasteiger partial charge >= 0.3 is 17.9 Å². The highest BCUT2D eigenvalue weighted by Gasteiger charge is 2.25. The molecule has 0 aromatic carbocycles. The first kappa shape index (κ1) is 90.4. The first-order valence-electron chi connectivity index (χ1n) is 39.3. The number of carboxylic acids is 1. The van der Waals surface area contributed by atoms with Crippen molar-refractivity contribution in [3.8, 4) is 0 Å². The summed E-state index contributed by atoms with van der Waals surface area (Å²) in [5, 5.41) is 9.77. The fourth-order valence-electron chi connectivity index (χ4n) is 11.0. The Balaban J connectivity index is 4.04. The van der Waals surface area contributed by atoms with Crippen LogP contribution in [0.3, 0.4) is 0 Å². The Labute approximate surface area is 586 Å². The van der Waals surface area contributed by atoms with E-state index < -0.39 is 24.3 Å². The maximum Gasteiger partial charge on any atom is 0.361 e. The minimum Gasteiger partial charge on any atom is -0.477 e. The Bertz CT molecular complexity index is 2030. The second-order valence-electron chi connectivity index (χ2n) is 27.3. The van der Waals surface area contributed by atoms with Crippen LogP contribution in [-0.2, 0) is 33.3 Å². The number of likely N-dealkylation sites (N-methyl/N-ethyl adjacent to an activating group) is 1. The van der Waals surface area contributed by atoms with Gasteiger partial charge in [-0.15, -0.1) is 0 Å². The van der Waals surface area contributed by atoms with Crippen molar-refractivity contribution in [2.75, 3.05) is 47.5 Å². The van der Waals surface area contributed by atoms with Crippen LogP contribution in [0.25, 0.3) is 0 Å². The average Bonchev–Trinajstić information content (AvgIpc) is 3.58. The Morgan fingerprint density at radius 3 is 0.842 bits per heavy atom.